The van der Waals surface area contributed by atoms with Crippen LogP contribution in [0, 0.1) is 17.0 Å². The van der Waals surface area contributed by atoms with Gasteiger partial charge in [0.15, 0.2) is 5.82 Å². The standard InChI is InChI=1S/C13H14N4O3S/c1-10-14-9-12(17(18)19)16(10)7-8-20-13(21)15-11-5-3-2-4-6-11/h2-6,9H,7-8H2,1H3,(H,15,21). The summed E-state index contributed by atoms with van der Waals surface area (Å²) >= 11 is 5.06. The van der Waals surface area contributed by atoms with Crippen molar-refractivity contribution < 1.29 is 9.66 Å². The first kappa shape index (κ1) is 14.9. The fourth-order valence-corrected chi connectivity index (χ4v) is 1.98. The topological polar surface area (TPSA) is 82.2 Å². The molecule has 2 aromatic rings. The Hall–Kier alpha value is -2.48. The number of nitrogens with zero attached hydrogens (tertiary/aromatic N) is 3. The highest BCUT2D eigenvalue weighted by Crippen LogP contribution is 2.13. The quantitative estimate of drug-likeness (QED) is 0.519. The molecule has 110 valence electrons. The van der Waals surface area contributed by atoms with Gasteiger partial charge < -0.3 is 20.2 Å². The molecule has 0 aliphatic heterocycles. The molecule has 0 unspecified atom stereocenters. The Balaban J connectivity index is 1.86. The van der Waals surface area contributed by atoms with Gasteiger partial charge in [-0.2, -0.15) is 0 Å². The van der Waals surface area contributed by atoms with Crippen molar-refractivity contribution in [3.8, 4) is 0 Å². The van der Waals surface area contributed by atoms with Crippen LogP contribution in [-0.2, 0) is 11.3 Å². The van der Waals surface area contributed by atoms with Crippen molar-refractivity contribution in [2.45, 2.75) is 13.5 Å². The lowest BCUT2D eigenvalue weighted by Gasteiger charge is -2.09. The molecule has 0 spiro atoms. The zero-order valence-corrected chi connectivity index (χ0v) is 12.2. The molecule has 1 aromatic heterocycles. The van der Waals surface area contributed by atoms with Gasteiger partial charge in [-0.1, -0.05) is 18.2 Å². The van der Waals surface area contributed by atoms with Crippen LogP contribution in [0.4, 0.5) is 11.5 Å². The van der Waals surface area contributed by atoms with Gasteiger partial charge in [0.2, 0.25) is 0 Å². The van der Waals surface area contributed by atoms with Crippen molar-refractivity contribution in [3.05, 3.63) is 52.5 Å². The Morgan fingerprint density at radius 1 is 1.48 bits per heavy atom. The predicted molar refractivity (Wildman–Crippen MR) is 82.2 cm³/mol. The van der Waals surface area contributed by atoms with E-state index in [2.05, 4.69) is 10.3 Å². The van der Waals surface area contributed by atoms with Gasteiger partial charge >= 0.3 is 5.82 Å². The lowest BCUT2D eigenvalue weighted by Crippen LogP contribution is -2.17. The zero-order valence-electron chi connectivity index (χ0n) is 11.4. The van der Waals surface area contributed by atoms with Crippen LogP contribution in [0.3, 0.4) is 0 Å². The molecule has 1 heterocycles. The number of nitro groups is 1. The molecule has 7 nitrogen and oxygen atoms in total. The minimum Gasteiger partial charge on any atom is -0.467 e. The molecule has 1 N–H and O–H groups in total. The highest BCUT2D eigenvalue weighted by atomic mass is 32.1. The van der Waals surface area contributed by atoms with Crippen molar-refractivity contribution in [2.24, 2.45) is 0 Å². The maximum atomic E-state index is 10.8. The van der Waals surface area contributed by atoms with Gasteiger partial charge in [-0.25, -0.2) is 9.55 Å². The number of hydrogen-bond acceptors (Lipinski definition) is 5. The van der Waals surface area contributed by atoms with E-state index < -0.39 is 4.92 Å². The van der Waals surface area contributed by atoms with E-state index in [1.54, 1.807) is 6.92 Å². The van der Waals surface area contributed by atoms with Crippen LogP contribution in [0.5, 0.6) is 0 Å². The minimum atomic E-state index is -0.472. The van der Waals surface area contributed by atoms with Crippen molar-refractivity contribution in [2.75, 3.05) is 11.9 Å². The number of ether oxygens (including phenoxy) is 1. The SMILES string of the molecule is Cc1ncc([N+](=O)[O-])n1CCOC(=S)Nc1ccccc1. The number of anilines is 1. The number of aromatic nitrogens is 2. The summed E-state index contributed by atoms with van der Waals surface area (Å²) in [6, 6.07) is 9.38. The number of rotatable bonds is 5. The van der Waals surface area contributed by atoms with Crippen LogP contribution in [0.2, 0.25) is 0 Å². The van der Waals surface area contributed by atoms with E-state index in [9.17, 15) is 10.1 Å². The molecule has 0 atom stereocenters. The number of thiocarbonyl (C=S) groups is 1. The van der Waals surface area contributed by atoms with E-state index in [1.165, 1.54) is 10.8 Å². The molecule has 0 aliphatic rings. The van der Waals surface area contributed by atoms with Gasteiger partial charge in [0, 0.05) is 12.6 Å². The first-order chi connectivity index (χ1) is 10.1. The maximum Gasteiger partial charge on any atom is 0.342 e. The van der Waals surface area contributed by atoms with E-state index >= 15 is 0 Å². The first-order valence-corrected chi connectivity index (χ1v) is 6.64. The van der Waals surface area contributed by atoms with Crippen molar-refractivity contribution in [1.82, 2.24) is 9.55 Å². The number of hydrogen-bond donors (Lipinski definition) is 1. The number of para-hydroxylation sites is 1. The molecule has 0 fully saturated rings. The lowest BCUT2D eigenvalue weighted by atomic mass is 10.3. The number of nitrogens with one attached hydrogen (secondary N) is 1. The average Bonchev–Trinajstić information content (AvgIpc) is 2.81. The summed E-state index contributed by atoms with van der Waals surface area (Å²) in [5, 5.41) is 14.0. The van der Waals surface area contributed by atoms with Crippen molar-refractivity contribution in [3.63, 3.8) is 0 Å². The second-order valence-electron chi connectivity index (χ2n) is 4.20. The molecule has 0 saturated heterocycles. The monoisotopic (exact) mass is 306 g/mol. The number of benzene rings is 1. The lowest BCUT2D eigenvalue weighted by molar-refractivity contribution is -0.392. The fourth-order valence-electron chi connectivity index (χ4n) is 1.78. The summed E-state index contributed by atoms with van der Waals surface area (Å²) in [4.78, 5) is 14.3. The summed E-state index contributed by atoms with van der Waals surface area (Å²) in [7, 11) is 0. The van der Waals surface area contributed by atoms with Crippen LogP contribution in [0.1, 0.15) is 5.82 Å². The van der Waals surface area contributed by atoms with Crippen LogP contribution in [0.25, 0.3) is 0 Å². The molecular formula is C13H14N4O3S. The smallest absolute Gasteiger partial charge is 0.342 e. The van der Waals surface area contributed by atoms with Crippen LogP contribution < -0.4 is 5.32 Å². The van der Waals surface area contributed by atoms with Gasteiger partial charge in [-0.15, -0.1) is 0 Å². The highest BCUT2D eigenvalue weighted by molar-refractivity contribution is 7.80. The molecule has 21 heavy (non-hydrogen) atoms. The summed E-state index contributed by atoms with van der Waals surface area (Å²) in [6.45, 7) is 2.23. The van der Waals surface area contributed by atoms with Gasteiger partial charge in [0.05, 0.1) is 0 Å². The van der Waals surface area contributed by atoms with E-state index in [1.807, 2.05) is 30.3 Å². The molecule has 0 aliphatic carbocycles. The van der Waals surface area contributed by atoms with E-state index in [-0.39, 0.29) is 17.6 Å². The Labute approximate surface area is 126 Å². The van der Waals surface area contributed by atoms with Gasteiger partial charge in [0.25, 0.3) is 5.17 Å². The van der Waals surface area contributed by atoms with Gasteiger partial charge in [-0.05, 0) is 29.3 Å². The molecule has 0 radical (unpaired) electrons. The van der Waals surface area contributed by atoms with Crippen molar-refractivity contribution >= 4 is 28.9 Å². The van der Waals surface area contributed by atoms with Crippen LogP contribution in [-0.4, -0.2) is 26.3 Å². The maximum absolute atomic E-state index is 10.8. The fraction of sp³-hybridized carbons (Fsp3) is 0.231. The number of aryl methyl sites for hydroxylation is 1. The Kier molecular flexibility index (Phi) is 4.83. The molecule has 2 rings (SSSR count). The number of imidazole rings is 1. The summed E-state index contributed by atoms with van der Waals surface area (Å²) in [5.74, 6) is 0.505. The molecule has 1 aromatic carbocycles. The first-order valence-electron chi connectivity index (χ1n) is 6.23. The third-order valence-corrected chi connectivity index (χ3v) is 3.01. The van der Waals surface area contributed by atoms with E-state index in [4.69, 9.17) is 17.0 Å². The Morgan fingerprint density at radius 2 is 2.19 bits per heavy atom. The normalized spacial score (nSPS) is 10.1. The largest absolute Gasteiger partial charge is 0.467 e. The molecule has 0 saturated carbocycles. The van der Waals surface area contributed by atoms with Crippen LogP contribution in [0.15, 0.2) is 36.5 Å². The highest BCUT2D eigenvalue weighted by Gasteiger charge is 2.17. The van der Waals surface area contributed by atoms with E-state index in [0.717, 1.165) is 5.69 Å². The summed E-state index contributed by atoms with van der Waals surface area (Å²) in [5.41, 5.74) is 0.826. The Morgan fingerprint density at radius 3 is 2.86 bits per heavy atom. The molecule has 0 bridgehead atoms. The summed E-state index contributed by atoms with van der Waals surface area (Å²) < 4.78 is 6.84. The second kappa shape index (κ2) is 6.80. The molecule has 8 heteroatoms. The third-order valence-electron chi connectivity index (χ3n) is 2.79. The van der Waals surface area contributed by atoms with Gasteiger partial charge in [0.1, 0.15) is 19.3 Å². The van der Waals surface area contributed by atoms with Crippen LogP contribution >= 0.6 is 12.2 Å². The predicted octanol–water partition coefficient (Wildman–Crippen LogP) is 2.51. The second-order valence-corrected chi connectivity index (χ2v) is 4.57. The summed E-state index contributed by atoms with van der Waals surface area (Å²) in [6.07, 6.45) is 1.23. The molecule has 0 amide bonds. The average molecular weight is 306 g/mol. The molecular weight excluding hydrogens is 292 g/mol. The third kappa shape index (κ3) is 3.99. The zero-order chi connectivity index (χ0) is 15.2. The van der Waals surface area contributed by atoms with Gasteiger partial charge in [-0.3, -0.25) is 0 Å². The van der Waals surface area contributed by atoms with Crippen molar-refractivity contribution in [1.29, 1.82) is 0 Å². The minimum absolute atomic E-state index is 0.0574. The van der Waals surface area contributed by atoms with E-state index in [0.29, 0.717) is 12.4 Å². The Bertz CT molecular complexity index is 642.